The molecule has 1 aliphatic heterocycles. The van der Waals surface area contributed by atoms with E-state index < -0.39 is 11.8 Å². The molecule has 0 radical (unpaired) electrons. The summed E-state index contributed by atoms with van der Waals surface area (Å²) in [4.78, 5) is 30.4. The van der Waals surface area contributed by atoms with Crippen LogP contribution in [0.3, 0.4) is 0 Å². The predicted octanol–water partition coefficient (Wildman–Crippen LogP) is 3.56. The van der Waals surface area contributed by atoms with Gasteiger partial charge >= 0.3 is 0 Å². The Morgan fingerprint density at radius 2 is 1.91 bits per heavy atom. The van der Waals surface area contributed by atoms with Gasteiger partial charge in [0.2, 0.25) is 0 Å². The molecule has 34 heavy (non-hydrogen) atoms. The Balaban J connectivity index is 1.83. The largest absolute Gasteiger partial charge is 0.494 e. The monoisotopic (exact) mass is 457 g/mol. The number of hydrogen-bond donors (Lipinski definition) is 2. The molecule has 0 saturated heterocycles. The third kappa shape index (κ3) is 4.25. The Morgan fingerprint density at radius 1 is 1.24 bits per heavy atom. The number of nitrogens with two attached hydrogens (primary N) is 1. The summed E-state index contributed by atoms with van der Waals surface area (Å²) in [6, 6.07) is 12.7. The first-order valence-corrected chi connectivity index (χ1v) is 11.2. The van der Waals surface area contributed by atoms with Gasteiger partial charge in [-0.2, -0.15) is 5.26 Å². The van der Waals surface area contributed by atoms with Crippen LogP contribution in [-0.4, -0.2) is 28.3 Å². The van der Waals surface area contributed by atoms with E-state index in [-0.39, 0.29) is 22.6 Å². The van der Waals surface area contributed by atoms with E-state index in [4.69, 9.17) is 10.5 Å². The number of benzene rings is 1. The van der Waals surface area contributed by atoms with Crippen molar-refractivity contribution in [3.8, 4) is 11.8 Å². The van der Waals surface area contributed by atoms with Gasteiger partial charge in [0.25, 0.3) is 5.91 Å². The number of hydrazine groups is 1. The highest BCUT2D eigenvalue weighted by atomic mass is 16.5. The Kier molecular flexibility index (Phi) is 6.12. The van der Waals surface area contributed by atoms with Crippen LogP contribution in [-0.2, 0) is 4.79 Å². The molecule has 1 amide bonds. The number of nitrogens with zero attached hydrogens (tertiary/aromatic N) is 3. The average molecular weight is 458 g/mol. The zero-order chi connectivity index (χ0) is 24.5. The molecule has 1 aromatic heterocycles. The minimum atomic E-state index is -0.617. The summed E-state index contributed by atoms with van der Waals surface area (Å²) in [6.45, 7) is 6.45. The van der Waals surface area contributed by atoms with Gasteiger partial charge in [-0.25, -0.2) is 5.01 Å². The molecule has 2 aliphatic rings. The second-order valence-electron chi connectivity index (χ2n) is 9.16. The Morgan fingerprint density at radius 3 is 2.53 bits per heavy atom. The maximum Gasteiger partial charge on any atom is 0.270 e. The van der Waals surface area contributed by atoms with Gasteiger partial charge < -0.3 is 10.5 Å². The van der Waals surface area contributed by atoms with E-state index in [9.17, 15) is 14.9 Å². The van der Waals surface area contributed by atoms with Crippen molar-refractivity contribution in [2.75, 3.05) is 6.61 Å². The summed E-state index contributed by atoms with van der Waals surface area (Å²) >= 11 is 0. The van der Waals surface area contributed by atoms with E-state index in [1.165, 1.54) is 17.4 Å². The molecule has 0 fully saturated rings. The van der Waals surface area contributed by atoms with Crippen LogP contribution < -0.4 is 15.9 Å². The lowest BCUT2D eigenvalue weighted by Gasteiger charge is -2.43. The SMILES string of the molecule is CCOc1ccc(C2C(C#N)=C(N)N(NC(=O)c3ccncc3)C3=C2C(=O)CC(C)(C)C3)cc1. The van der Waals surface area contributed by atoms with Crippen LogP contribution in [0.5, 0.6) is 5.75 Å². The number of ether oxygens (including phenoxy) is 1. The van der Waals surface area contributed by atoms with Crippen molar-refractivity contribution in [3.63, 3.8) is 0 Å². The van der Waals surface area contributed by atoms with Crippen LogP contribution in [0.4, 0.5) is 0 Å². The summed E-state index contributed by atoms with van der Waals surface area (Å²) in [5, 5.41) is 11.5. The van der Waals surface area contributed by atoms with E-state index in [0.717, 1.165) is 5.56 Å². The number of pyridine rings is 1. The Hall–Kier alpha value is -4.12. The Labute approximate surface area is 198 Å². The van der Waals surface area contributed by atoms with Gasteiger partial charge in [-0.15, -0.1) is 0 Å². The van der Waals surface area contributed by atoms with Gasteiger partial charge in [0, 0.05) is 30.0 Å². The molecule has 2 heterocycles. The van der Waals surface area contributed by atoms with Crippen LogP contribution in [0.1, 0.15) is 55.5 Å². The number of carbonyl (C=O) groups excluding carboxylic acids is 2. The van der Waals surface area contributed by atoms with Crippen molar-refractivity contribution in [2.45, 2.75) is 39.5 Å². The van der Waals surface area contributed by atoms with Crippen molar-refractivity contribution in [1.29, 1.82) is 5.26 Å². The molecule has 1 unspecified atom stereocenters. The topological polar surface area (TPSA) is 121 Å². The van der Waals surface area contributed by atoms with Gasteiger partial charge in [-0.05, 0) is 48.6 Å². The molecular weight excluding hydrogens is 430 g/mol. The number of Topliss-reactive ketones (excluding diaryl/α,β-unsaturated/α-hetero) is 1. The molecule has 2 aromatic rings. The number of amides is 1. The molecule has 3 N–H and O–H groups in total. The zero-order valence-electron chi connectivity index (χ0n) is 19.5. The lowest BCUT2D eigenvalue weighted by atomic mass is 9.69. The molecule has 0 saturated carbocycles. The number of aromatic nitrogens is 1. The second-order valence-corrected chi connectivity index (χ2v) is 9.16. The molecular formula is C26H27N5O3. The molecule has 1 aromatic carbocycles. The maximum atomic E-state index is 13.5. The van der Waals surface area contributed by atoms with Crippen LogP contribution in [0.25, 0.3) is 0 Å². The second kappa shape index (κ2) is 9.02. The highest BCUT2D eigenvalue weighted by Crippen LogP contribution is 2.48. The molecule has 4 rings (SSSR count). The van der Waals surface area contributed by atoms with Crippen molar-refractivity contribution >= 4 is 11.7 Å². The standard InChI is InChI=1S/C26H27N5O3/c1-4-34-18-7-5-16(6-8-18)22-19(15-27)24(28)31(30-25(33)17-9-11-29-12-10-17)20-13-26(2,3)14-21(32)23(20)22/h5-12,22H,4,13-14,28H2,1-3H3,(H,30,33). The van der Waals surface area contributed by atoms with E-state index in [1.807, 2.05) is 45.0 Å². The van der Waals surface area contributed by atoms with Crippen LogP contribution >= 0.6 is 0 Å². The van der Waals surface area contributed by atoms with E-state index in [2.05, 4.69) is 16.5 Å². The van der Waals surface area contributed by atoms with Crippen LogP contribution in [0, 0.1) is 16.7 Å². The third-order valence-electron chi connectivity index (χ3n) is 6.06. The molecule has 1 aliphatic carbocycles. The first-order chi connectivity index (χ1) is 16.3. The maximum absolute atomic E-state index is 13.5. The van der Waals surface area contributed by atoms with E-state index in [0.29, 0.717) is 42.0 Å². The molecule has 1 atom stereocenters. The summed E-state index contributed by atoms with van der Waals surface area (Å²) < 4.78 is 5.54. The number of nitriles is 1. The smallest absolute Gasteiger partial charge is 0.270 e. The normalized spacial score (nSPS) is 19.4. The fourth-order valence-electron chi connectivity index (χ4n) is 4.56. The number of nitrogens with one attached hydrogen (secondary N) is 1. The minimum Gasteiger partial charge on any atom is -0.494 e. The summed E-state index contributed by atoms with van der Waals surface area (Å²) in [6.07, 6.45) is 3.89. The van der Waals surface area contributed by atoms with Crippen molar-refractivity contribution in [3.05, 3.63) is 82.6 Å². The fraction of sp³-hybridized carbons (Fsp3) is 0.308. The molecule has 8 nitrogen and oxygen atoms in total. The number of ketones is 1. The van der Waals surface area contributed by atoms with Crippen molar-refractivity contribution in [2.24, 2.45) is 11.1 Å². The van der Waals surface area contributed by atoms with Gasteiger partial charge in [-0.1, -0.05) is 26.0 Å². The van der Waals surface area contributed by atoms with Gasteiger partial charge in [0.05, 0.1) is 29.9 Å². The summed E-state index contributed by atoms with van der Waals surface area (Å²) in [5.41, 5.74) is 11.4. The molecule has 8 heteroatoms. The van der Waals surface area contributed by atoms with Crippen LogP contribution in [0.15, 0.2) is 71.5 Å². The number of carbonyl (C=O) groups is 2. The van der Waals surface area contributed by atoms with E-state index in [1.54, 1.807) is 12.1 Å². The summed E-state index contributed by atoms with van der Waals surface area (Å²) in [7, 11) is 0. The lowest BCUT2D eigenvalue weighted by Crippen LogP contribution is -2.49. The highest BCUT2D eigenvalue weighted by molar-refractivity contribution is 6.00. The van der Waals surface area contributed by atoms with Crippen LogP contribution in [0.2, 0.25) is 0 Å². The first kappa shape index (κ1) is 23.1. The molecule has 0 spiro atoms. The number of hydrogen-bond acceptors (Lipinski definition) is 7. The number of rotatable bonds is 5. The third-order valence-corrected chi connectivity index (χ3v) is 6.06. The fourth-order valence-corrected chi connectivity index (χ4v) is 4.56. The van der Waals surface area contributed by atoms with Gasteiger partial charge in [-0.3, -0.25) is 20.0 Å². The van der Waals surface area contributed by atoms with Gasteiger partial charge in [0.15, 0.2) is 5.78 Å². The van der Waals surface area contributed by atoms with Gasteiger partial charge in [0.1, 0.15) is 11.6 Å². The highest BCUT2D eigenvalue weighted by Gasteiger charge is 2.44. The average Bonchev–Trinajstić information content (AvgIpc) is 2.81. The minimum absolute atomic E-state index is 0.0615. The first-order valence-electron chi connectivity index (χ1n) is 11.2. The quantitative estimate of drug-likeness (QED) is 0.704. The van der Waals surface area contributed by atoms with E-state index >= 15 is 0 Å². The number of allylic oxidation sites excluding steroid dienone is 3. The zero-order valence-corrected chi connectivity index (χ0v) is 19.5. The molecule has 174 valence electrons. The summed E-state index contributed by atoms with van der Waals surface area (Å²) in [5.74, 6) is -0.283. The Bertz CT molecular complexity index is 1220. The lowest BCUT2D eigenvalue weighted by molar-refractivity contribution is -0.118. The predicted molar refractivity (Wildman–Crippen MR) is 126 cm³/mol. The van der Waals surface area contributed by atoms with Crippen molar-refractivity contribution < 1.29 is 14.3 Å². The molecule has 0 bridgehead atoms. The van der Waals surface area contributed by atoms with Crippen molar-refractivity contribution in [1.82, 2.24) is 15.4 Å².